The highest BCUT2D eigenvalue weighted by atomic mass is 16.5. The van der Waals surface area contributed by atoms with E-state index in [0.29, 0.717) is 19.3 Å². The summed E-state index contributed by atoms with van der Waals surface area (Å²) in [6.07, 6.45) is 0.900. The molecule has 5 N–H and O–H groups in total. The first kappa shape index (κ1) is 18.0. The maximum Gasteiger partial charge on any atom is 0.225 e. The third kappa shape index (κ3) is 3.89. The number of nitrogens with two attached hydrogens (primary N) is 1. The van der Waals surface area contributed by atoms with Crippen LogP contribution >= 0.6 is 0 Å². The van der Waals surface area contributed by atoms with Gasteiger partial charge in [-0.05, 0) is 25.8 Å². The molecule has 0 aromatic heterocycles. The number of rotatable bonds is 4. The van der Waals surface area contributed by atoms with Crippen molar-refractivity contribution in [3.8, 4) is 0 Å². The number of hydrogen-bond acceptors (Lipinski definition) is 7. The fraction of sp³-hybridized carbons (Fsp3) is 0.938. The molecule has 24 heavy (non-hydrogen) atoms. The fourth-order valence-electron chi connectivity index (χ4n) is 3.92. The molecule has 3 aliphatic rings. The molecule has 1 amide bonds. The van der Waals surface area contributed by atoms with E-state index in [4.69, 9.17) is 10.5 Å². The van der Waals surface area contributed by atoms with Crippen LogP contribution in [0, 0.1) is 0 Å². The average Bonchev–Trinajstić information content (AvgIpc) is 2.90. The Hall–Kier alpha value is -0.770. The number of amides is 1. The Morgan fingerprint density at radius 1 is 1.12 bits per heavy atom. The molecule has 8 heteroatoms. The SMILES string of the molecule is NC[C@H]1O[C@H](CC(=O)N2CCN(C3CCCCN3)CC2)[C@H](O)[C@@H]1O. The predicted octanol–water partition coefficient (Wildman–Crippen LogP) is -1.93. The number of hydrogen-bond donors (Lipinski definition) is 4. The molecule has 0 saturated carbocycles. The Bertz CT molecular complexity index is 424. The third-order valence-corrected chi connectivity index (χ3v) is 5.46. The van der Waals surface area contributed by atoms with Crippen LogP contribution in [0.1, 0.15) is 25.7 Å². The Kier molecular flexibility index (Phi) is 6.07. The van der Waals surface area contributed by atoms with Crippen molar-refractivity contribution in [2.45, 2.75) is 56.3 Å². The lowest BCUT2D eigenvalue weighted by molar-refractivity contribution is -0.137. The molecular weight excluding hydrogens is 312 g/mol. The van der Waals surface area contributed by atoms with Gasteiger partial charge in [0.25, 0.3) is 0 Å². The average molecular weight is 342 g/mol. The Balaban J connectivity index is 1.45. The van der Waals surface area contributed by atoms with Crippen LogP contribution in [0.25, 0.3) is 0 Å². The van der Waals surface area contributed by atoms with Gasteiger partial charge in [-0.3, -0.25) is 9.69 Å². The van der Waals surface area contributed by atoms with E-state index in [-0.39, 0.29) is 18.9 Å². The van der Waals surface area contributed by atoms with Gasteiger partial charge in [0.1, 0.15) is 12.2 Å². The second kappa shape index (κ2) is 8.07. The Morgan fingerprint density at radius 3 is 2.42 bits per heavy atom. The van der Waals surface area contributed by atoms with Crippen LogP contribution in [0.3, 0.4) is 0 Å². The lowest BCUT2D eigenvalue weighted by atomic mass is 10.0. The van der Waals surface area contributed by atoms with Gasteiger partial charge >= 0.3 is 0 Å². The number of aliphatic hydroxyl groups excluding tert-OH is 2. The first-order valence-electron chi connectivity index (χ1n) is 9.07. The van der Waals surface area contributed by atoms with E-state index < -0.39 is 24.4 Å². The van der Waals surface area contributed by atoms with Crippen molar-refractivity contribution in [2.24, 2.45) is 5.73 Å². The van der Waals surface area contributed by atoms with Crippen LogP contribution in [0.2, 0.25) is 0 Å². The van der Waals surface area contributed by atoms with E-state index in [1.54, 1.807) is 0 Å². The van der Waals surface area contributed by atoms with Gasteiger partial charge in [-0.15, -0.1) is 0 Å². The molecule has 0 aliphatic carbocycles. The first-order chi connectivity index (χ1) is 11.6. The molecule has 0 bridgehead atoms. The summed E-state index contributed by atoms with van der Waals surface area (Å²) in [4.78, 5) is 16.7. The van der Waals surface area contributed by atoms with Crippen LogP contribution < -0.4 is 11.1 Å². The molecule has 1 unspecified atom stereocenters. The molecule has 3 saturated heterocycles. The molecule has 0 radical (unpaired) electrons. The molecule has 3 aliphatic heterocycles. The van der Waals surface area contributed by atoms with Crippen molar-refractivity contribution in [1.82, 2.24) is 15.1 Å². The van der Waals surface area contributed by atoms with Gasteiger partial charge in [0.05, 0.1) is 24.8 Å². The minimum Gasteiger partial charge on any atom is -0.388 e. The molecule has 0 aromatic carbocycles. The van der Waals surface area contributed by atoms with Crippen LogP contribution in [-0.4, -0.2) is 95.8 Å². The monoisotopic (exact) mass is 342 g/mol. The van der Waals surface area contributed by atoms with E-state index in [1.807, 2.05) is 4.90 Å². The fourth-order valence-corrected chi connectivity index (χ4v) is 3.92. The lowest BCUT2D eigenvalue weighted by Gasteiger charge is -2.41. The molecule has 3 heterocycles. The zero-order chi connectivity index (χ0) is 17.1. The maximum atomic E-state index is 12.5. The lowest BCUT2D eigenvalue weighted by Crippen LogP contribution is -2.57. The number of carbonyl (C=O) groups excluding carboxylic acids is 1. The minimum absolute atomic E-state index is 0.0276. The van der Waals surface area contributed by atoms with Crippen LogP contribution in [0.4, 0.5) is 0 Å². The second-order valence-corrected chi connectivity index (χ2v) is 7.02. The van der Waals surface area contributed by atoms with Crippen molar-refractivity contribution in [3.05, 3.63) is 0 Å². The van der Waals surface area contributed by atoms with Crippen LogP contribution in [0.5, 0.6) is 0 Å². The predicted molar refractivity (Wildman–Crippen MR) is 88.1 cm³/mol. The van der Waals surface area contributed by atoms with E-state index in [1.165, 1.54) is 19.3 Å². The van der Waals surface area contributed by atoms with Gasteiger partial charge in [-0.2, -0.15) is 0 Å². The molecule has 3 rings (SSSR count). The summed E-state index contributed by atoms with van der Waals surface area (Å²) in [7, 11) is 0. The zero-order valence-corrected chi connectivity index (χ0v) is 14.1. The summed E-state index contributed by atoms with van der Waals surface area (Å²) >= 11 is 0. The smallest absolute Gasteiger partial charge is 0.225 e. The number of aliphatic hydroxyl groups is 2. The normalized spacial score (nSPS) is 38.5. The maximum absolute atomic E-state index is 12.5. The van der Waals surface area contributed by atoms with E-state index in [2.05, 4.69) is 10.2 Å². The van der Waals surface area contributed by atoms with Crippen molar-refractivity contribution < 1.29 is 19.7 Å². The summed E-state index contributed by atoms with van der Waals surface area (Å²) in [5.41, 5.74) is 5.51. The van der Waals surface area contributed by atoms with Crippen molar-refractivity contribution in [1.29, 1.82) is 0 Å². The number of piperazine rings is 1. The quantitative estimate of drug-likeness (QED) is 0.471. The Morgan fingerprint density at radius 2 is 1.83 bits per heavy atom. The number of nitrogens with zero attached hydrogens (tertiary/aromatic N) is 2. The summed E-state index contributed by atoms with van der Waals surface area (Å²) in [6.45, 7) is 4.34. The Labute approximate surface area is 142 Å². The second-order valence-electron chi connectivity index (χ2n) is 7.02. The number of piperidine rings is 1. The van der Waals surface area contributed by atoms with Gasteiger partial charge in [-0.25, -0.2) is 0 Å². The van der Waals surface area contributed by atoms with Crippen LogP contribution in [-0.2, 0) is 9.53 Å². The molecular formula is C16H30N4O4. The van der Waals surface area contributed by atoms with E-state index in [0.717, 1.165) is 19.6 Å². The summed E-state index contributed by atoms with van der Waals surface area (Å²) in [6, 6.07) is 0. The van der Waals surface area contributed by atoms with Gasteiger partial charge in [0.2, 0.25) is 5.91 Å². The molecule has 5 atom stereocenters. The van der Waals surface area contributed by atoms with Gasteiger partial charge in [0.15, 0.2) is 0 Å². The van der Waals surface area contributed by atoms with Crippen molar-refractivity contribution in [2.75, 3.05) is 39.3 Å². The van der Waals surface area contributed by atoms with Gasteiger partial charge in [0, 0.05) is 32.7 Å². The highest BCUT2D eigenvalue weighted by molar-refractivity contribution is 5.77. The molecule has 0 aromatic rings. The van der Waals surface area contributed by atoms with E-state index >= 15 is 0 Å². The van der Waals surface area contributed by atoms with Gasteiger partial charge in [-0.1, -0.05) is 0 Å². The highest BCUT2D eigenvalue weighted by Crippen LogP contribution is 2.24. The summed E-state index contributed by atoms with van der Waals surface area (Å²) < 4.78 is 5.52. The zero-order valence-electron chi connectivity index (χ0n) is 14.1. The summed E-state index contributed by atoms with van der Waals surface area (Å²) in [5, 5.41) is 23.4. The van der Waals surface area contributed by atoms with Crippen LogP contribution in [0.15, 0.2) is 0 Å². The molecule has 138 valence electrons. The number of nitrogens with one attached hydrogen (secondary N) is 1. The number of ether oxygens (including phenoxy) is 1. The molecule has 3 fully saturated rings. The third-order valence-electron chi connectivity index (χ3n) is 5.46. The standard InChI is InChI=1S/C16H30N4O4/c17-10-12-16(23)15(22)11(24-12)9-14(21)20-7-5-19(6-8-20)13-3-1-2-4-18-13/h11-13,15-16,18,22-23H,1-10,17H2/t11-,12-,13?,15+,16-/m1/s1. The van der Waals surface area contributed by atoms with Crippen molar-refractivity contribution in [3.63, 3.8) is 0 Å². The number of carbonyl (C=O) groups is 1. The first-order valence-corrected chi connectivity index (χ1v) is 9.07. The largest absolute Gasteiger partial charge is 0.388 e. The molecule has 8 nitrogen and oxygen atoms in total. The summed E-state index contributed by atoms with van der Waals surface area (Å²) in [5.74, 6) is -0.0276. The van der Waals surface area contributed by atoms with E-state index in [9.17, 15) is 15.0 Å². The highest BCUT2D eigenvalue weighted by Gasteiger charge is 2.43. The molecule has 0 spiro atoms. The van der Waals surface area contributed by atoms with Crippen molar-refractivity contribution >= 4 is 5.91 Å². The van der Waals surface area contributed by atoms with Gasteiger partial charge < -0.3 is 30.9 Å². The minimum atomic E-state index is -1.05. The topological polar surface area (TPSA) is 111 Å².